The lowest BCUT2D eigenvalue weighted by atomic mass is 9.90. The van der Waals surface area contributed by atoms with Gasteiger partial charge in [-0.1, -0.05) is 24.3 Å². The Bertz CT molecular complexity index is 916. The Labute approximate surface area is 154 Å². The summed E-state index contributed by atoms with van der Waals surface area (Å²) in [6.45, 7) is 1.98. The van der Waals surface area contributed by atoms with Crippen molar-refractivity contribution in [3.05, 3.63) is 69.5 Å². The third-order valence-corrected chi connectivity index (χ3v) is 4.62. The van der Waals surface area contributed by atoms with Crippen LogP contribution in [0.4, 0.5) is 15.8 Å². The van der Waals surface area contributed by atoms with Gasteiger partial charge >= 0.3 is 5.69 Å². The quantitative estimate of drug-likeness (QED) is 0.660. The number of anilines is 1. The molecule has 1 unspecified atom stereocenters. The summed E-state index contributed by atoms with van der Waals surface area (Å²) in [4.78, 5) is 36.1. The minimum atomic E-state index is -0.970. The summed E-state index contributed by atoms with van der Waals surface area (Å²) >= 11 is 0. The molecule has 0 saturated heterocycles. The number of nitrogens with one attached hydrogen (secondary N) is 1. The van der Waals surface area contributed by atoms with E-state index in [1.165, 1.54) is 13.0 Å². The van der Waals surface area contributed by atoms with Gasteiger partial charge in [0.1, 0.15) is 0 Å². The number of nitro benzene ring substituents is 1. The molecular formula is C19H18FN3O4. The highest BCUT2D eigenvalue weighted by Gasteiger charge is 2.30. The molecule has 0 saturated carbocycles. The van der Waals surface area contributed by atoms with Crippen molar-refractivity contribution < 1.29 is 18.9 Å². The van der Waals surface area contributed by atoms with Gasteiger partial charge in [0.05, 0.1) is 17.4 Å². The zero-order valence-corrected chi connectivity index (χ0v) is 14.6. The summed E-state index contributed by atoms with van der Waals surface area (Å²) in [5.41, 5.74) is 1.43. The summed E-state index contributed by atoms with van der Waals surface area (Å²) in [5.74, 6) is -1.51. The Morgan fingerprint density at radius 1 is 1.30 bits per heavy atom. The van der Waals surface area contributed by atoms with Crippen LogP contribution in [0.5, 0.6) is 0 Å². The molecule has 2 aromatic carbocycles. The number of nitro groups is 1. The molecule has 3 rings (SSSR count). The maximum atomic E-state index is 13.4. The fraction of sp³-hybridized carbons (Fsp3) is 0.263. The van der Waals surface area contributed by atoms with E-state index >= 15 is 0 Å². The average Bonchev–Trinajstić information content (AvgIpc) is 2.63. The second-order valence-electron chi connectivity index (χ2n) is 6.35. The van der Waals surface area contributed by atoms with Gasteiger partial charge in [-0.15, -0.1) is 0 Å². The van der Waals surface area contributed by atoms with Crippen molar-refractivity contribution in [2.75, 3.05) is 11.9 Å². The standard InChI is InChI=1S/C19H18FN3O4/c1-12(24)22-9-8-13-4-2-3-5-15(13)17(22)11-19(25)21-14-6-7-16(20)18(10-14)23(26)27/h2-7,10,17H,8-9,11H2,1H3,(H,21,25). The van der Waals surface area contributed by atoms with Gasteiger partial charge in [0.15, 0.2) is 0 Å². The number of hydrogen-bond donors (Lipinski definition) is 1. The number of amides is 2. The molecule has 1 N–H and O–H groups in total. The second-order valence-corrected chi connectivity index (χ2v) is 6.35. The summed E-state index contributed by atoms with van der Waals surface area (Å²) in [6.07, 6.45) is 0.722. The highest BCUT2D eigenvalue weighted by molar-refractivity contribution is 5.92. The van der Waals surface area contributed by atoms with E-state index in [1.807, 2.05) is 24.3 Å². The molecule has 0 aliphatic carbocycles. The minimum Gasteiger partial charge on any atom is -0.335 e. The molecule has 8 heteroatoms. The summed E-state index contributed by atoms with van der Waals surface area (Å²) in [5, 5.41) is 13.4. The Morgan fingerprint density at radius 2 is 2.04 bits per heavy atom. The summed E-state index contributed by atoms with van der Waals surface area (Å²) in [7, 11) is 0. The SMILES string of the molecule is CC(=O)N1CCc2ccccc2C1CC(=O)Nc1ccc(F)c([N+](=O)[O-])c1. The van der Waals surface area contributed by atoms with Crippen molar-refractivity contribution in [3.63, 3.8) is 0 Å². The second kappa shape index (κ2) is 7.53. The van der Waals surface area contributed by atoms with Crippen LogP contribution < -0.4 is 5.32 Å². The minimum absolute atomic E-state index is 0.00175. The fourth-order valence-electron chi connectivity index (χ4n) is 3.37. The topological polar surface area (TPSA) is 92.6 Å². The lowest BCUT2D eigenvalue weighted by molar-refractivity contribution is -0.387. The number of carbonyl (C=O) groups excluding carboxylic acids is 2. The number of halogens is 1. The van der Waals surface area contributed by atoms with Gasteiger partial charge in [0.2, 0.25) is 17.6 Å². The summed E-state index contributed by atoms with van der Waals surface area (Å²) in [6, 6.07) is 10.4. The van der Waals surface area contributed by atoms with Crippen molar-refractivity contribution in [1.82, 2.24) is 4.90 Å². The Kier molecular flexibility index (Phi) is 5.16. The fourth-order valence-corrected chi connectivity index (χ4v) is 3.37. The van der Waals surface area contributed by atoms with Crippen LogP contribution in [0.15, 0.2) is 42.5 Å². The Hall–Kier alpha value is -3.29. The van der Waals surface area contributed by atoms with Crippen LogP contribution in [0, 0.1) is 15.9 Å². The Morgan fingerprint density at radius 3 is 2.74 bits per heavy atom. The van der Waals surface area contributed by atoms with Gasteiger partial charge in [-0.05, 0) is 29.7 Å². The first-order valence-electron chi connectivity index (χ1n) is 8.45. The molecule has 2 aromatic rings. The molecule has 1 aliphatic heterocycles. The van der Waals surface area contributed by atoms with Crippen molar-refractivity contribution in [3.8, 4) is 0 Å². The van der Waals surface area contributed by atoms with Crippen LogP contribution in [-0.4, -0.2) is 28.2 Å². The first-order valence-corrected chi connectivity index (χ1v) is 8.45. The van der Waals surface area contributed by atoms with E-state index in [0.29, 0.717) is 6.54 Å². The molecule has 1 heterocycles. The smallest absolute Gasteiger partial charge is 0.306 e. The van der Waals surface area contributed by atoms with E-state index in [-0.39, 0.29) is 18.0 Å². The van der Waals surface area contributed by atoms with Crippen LogP contribution in [-0.2, 0) is 16.0 Å². The average molecular weight is 371 g/mol. The number of carbonyl (C=O) groups is 2. The molecule has 140 valence electrons. The molecule has 0 spiro atoms. The molecule has 27 heavy (non-hydrogen) atoms. The lowest BCUT2D eigenvalue weighted by Gasteiger charge is -2.36. The normalized spacial score (nSPS) is 15.8. The maximum absolute atomic E-state index is 13.4. The monoisotopic (exact) mass is 371 g/mol. The van der Waals surface area contributed by atoms with Crippen LogP contribution in [0.2, 0.25) is 0 Å². The molecule has 2 amide bonds. The predicted molar refractivity (Wildman–Crippen MR) is 96.6 cm³/mol. The van der Waals surface area contributed by atoms with Gasteiger partial charge in [0.25, 0.3) is 0 Å². The first kappa shape index (κ1) is 18.5. The van der Waals surface area contributed by atoms with E-state index in [0.717, 1.165) is 29.7 Å². The molecule has 0 aromatic heterocycles. The van der Waals surface area contributed by atoms with Crippen molar-refractivity contribution in [2.24, 2.45) is 0 Å². The lowest BCUT2D eigenvalue weighted by Crippen LogP contribution is -2.40. The van der Waals surface area contributed by atoms with Crippen molar-refractivity contribution in [1.29, 1.82) is 0 Å². The summed E-state index contributed by atoms with van der Waals surface area (Å²) < 4.78 is 13.4. The maximum Gasteiger partial charge on any atom is 0.306 e. The molecule has 7 nitrogen and oxygen atoms in total. The van der Waals surface area contributed by atoms with Gasteiger partial charge in [0, 0.05) is 25.2 Å². The number of hydrogen-bond acceptors (Lipinski definition) is 4. The van der Waals surface area contributed by atoms with Gasteiger partial charge < -0.3 is 10.2 Å². The van der Waals surface area contributed by atoms with Crippen molar-refractivity contribution >= 4 is 23.2 Å². The van der Waals surface area contributed by atoms with Crippen LogP contribution in [0.1, 0.15) is 30.5 Å². The van der Waals surface area contributed by atoms with E-state index in [1.54, 1.807) is 4.90 Å². The van der Waals surface area contributed by atoms with E-state index in [2.05, 4.69) is 5.32 Å². The van der Waals surface area contributed by atoms with Gasteiger partial charge in [-0.25, -0.2) is 0 Å². The number of benzene rings is 2. The zero-order valence-electron chi connectivity index (χ0n) is 14.6. The third kappa shape index (κ3) is 3.94. The molecular weight excluding hydrogens is 353 g/mol. The molecule has 0 fully saturated rings. The van der Waals surface area contributed by atoms with Crippen molar-refractivity contribution in [2.45, 2.75) is 25.8 Å². The highest BCUT2D eigenvalue weighted by atomic mass is 19.1. The van der Waals surface area contributed by atoms with E-state index in [9.17, 15) is 24.1 Å². The van der Waals surface area contributed by atoms with E-state index < -0.39 is 28.4 Å². The molecule has 1 atom stereocenters. The van der Waals surface area contributed by atoms with Gasteiger partial charge in [-0.3, -0.25) is 19.7 Å². The van der Waals surface area contributed by atoms with Gasteiger partial charge in [-0.2, -0.15) is 4.39 Å². The predicted octanol–water partition coefficient (Wildman–Crippen LogP) is 3.21. The number of fused-ring (bicyclic) bond motifs is 1. The largest absolute Gasteiger partial charge is 0.335 e. The Balaban J connectivity index is 1.81. The van der Waals surface area contributed by atoms with E-state index in [4.69, 9.17) is 0 Å². The molecule has 1 aliphatic rings. The zero-order chi connectivity index (χ0) is 19.6. The first-order chi connectivity index (χ1) is 12.9. The highest BCUT2D eigenvalue weighted by Crippen LogP contribution is 2.32. The van der Waals surface area contributed by atoms with Crippen LogP contribution in [0.25, 0.3) is 0 Å². The molecule has 0 radical (unpaired) electrons. The third-order valence-electron chi connectivity index (χ3n) is 4.62. The van der Waals surface area contributed by atoms with Crippen LogP contribution >= 0.6 is 0 Å². The molecule has 0 bridgehead atoms. The number of nitrogens with zero attached hydrogens (tertiary/aromatic N) is 2. The number of rotatable bonds is 4. The van der Waals surface area contributed by atoms with Crippen LogP contribution in [0.3, 0.4) is 0 Å².